The predicted octanol–water partition coefficient (Wildman–Crippen LogP) is -0.0247. The molecule has 0 N–H and O–H groups in total. The van der Waals surface area contributed by atoms with Gasteiger partial charge in [0.15, 0.2) is 0 Å². The topological polar surface area (TPSA) is 43.1 Å². The van der Waals surface area contributed by atoms with Gasteiger partial charge in [0.05, 0.1) is 24.6 Å². The maximum atomic E-state index is 10.7. The highest BCUT2D eigenvalue weighted by atomic mass is 35.5. The Morgan fingerprint density at radius 3 is 2.17 bits per heavy atom. The summed E-state index contributed by atoms with van der Waals surface area (Å²) < 4.78 is 0.973. The lowest BCUT2D eigenvalue weighted by atomic mass is 10.1. The molecule has 0 atom stereocenters. The molecule has 4 nitrogen and oxygen atoms in total. The Kier molecular flexibility index (Phi) is 6.88. The van der Waals surface area contributed by atoms with E-state index in [4.69, 9.17) is 0 Å². The molecule has 1 aromatic rings. The van der Waals surface area contributed by atoms with E-state index in [1.807, 2.05) is 6.07 Å². The first-order valence-electron chi connectivity index (χ1n) is 6.15. The number of nitro groups is 1. The highest BCUT2D eigenvalue weighted by Crippen LogP contribution is 2.18. The van der Waals surface area contributed by atoms with E-state index in [-0.39, 0.29) is 23.0 Å². The van der Waals surface area contributed by atoms with Gasteiger partial charge in [-0.3, -0.25) is 10.1 Å². The summed E-state index contributed by atoms with van der Waals surface area (Å²) in [4.78, 5) is 10.4. The number of hydrogen-bond donors (Lipinski definition) is 0. The molecule has 1 rings (SSSR count). The predicted molar refractivity (Wildman–Crippen MR) is 68.7 cm³/mol. The van der Waals surface area contributed by atoms with Crippen LogP contribution in [0.15, 0.2) is 24.3 Å². The summed E-state index contributed by atoms with van der Waals surface area (Å²) >= 11 is 0. The number of halogens is 1. The maximum Gasteiger partial charge on any atom is 0.269 e. The van der Waals surface area contributed by atoms with Crippen molar-refractivity contribution in [2.75, 3.05) is 19.6 Å². The van der Waals surface area contributed by atoms with Crippen molar-refractivity contribution < 1.29 is 21.8 Å². The Labute approximate surface area is 115 Å². The molecule has 0 radical (unpaired) electrons. The highest BCUT2D eigenvalue weighted by molar-refractivity contribution is 5.33. The molecule has 0 spiro atoms. The van der Waals surface area contributed by atoms with E-state index in [1.54, 1.807) is 18.2 Å². The van der Waals surface area contributed by atoms with Crippen LogP contribution in [0.3, 0.4) is 0 Å². The van der Waals surface area contributed by atoms with Crippen molar-refractivity contribution in [3.8, 4) is 0 Å². The first-order chi connectivity index (χ1) is 8.06. The SMILES string of the molecule is CC[N+](CC)(CC)Cc1cccc([N+](=O)[O-])c1.[Cl-]. The molecular formula is C13H21ClN2O2. The standard InChI is InChI=1S/C13H21N2O2.ClH/c1-4-15(5-2,6-3)11-12-8-7-9-13(10-12)14(16)17;/h7-10H,4-6,11H2,1-3H3;1H/q+1;/p-1. The van der Waals surface area contributed by atoms with Crippen LogP contribution in [0.2, 0.25) is 0 Å². The van der Waals surface area contributed by atoms with E-state index in [2.05, 4.69) is 20.8 Å². The first-order valence-corrected chi connectivity index (χ1v) is 6.15. The first kappa shape index (κ1) is 16.9. The van der Waals surface area contributed by atoms with Gasteiger partial charge in [-0.1, -0.05) is 12.1 Å². The van der Waals surface area contributed by atoms with Crippen molar-refractivity contribution in [1.82, 2.24) is 0 Å². The second-order valence-electron chi connectivity index (χ2n) is 4.38. The van der Waals surface area contributed by atoms with E-state index < -0.39 is 0 Å². The molecule has 0 aromatic heterocycles. The van der Waals surface area contributed by atoms with E-state index in [0.717, 1.165) is 36.2 Å². The monoisotopic (exact) mass is 272 g/mol. The van der Waals surface area contributed by atoms with Crippen LogP contribution in [-0.4, -0.2) is 29.0 Å². The molecule has 0 fully saturated rings. The summed E-state index contributed by atoms with van der Waals surface area (Å²) in [5.41, 5.74) is 1.23. The zero-order valence-electron chi connectivity index (χ0n) is 11.2. The second kappa shape index (κ2) is 7.34. The molecule has 102 valence electrons. The van der Waals surface area contributed by atoms with Crippen molar-refractivity contribution in [2.45, 2.75) is 27.3 Å². The van der Waals surface area contributed by atoms with Gasteiger partial charge in [0.2, 0.25) is 0 Å². The minimum atomic E-state index is -0.331. The largest absolute Gasteiger partial charge is 1.00 e. The number of benzene rings is 1. The lowest BCUT2D eigenvalue weighted by molar-refractivity contribution is -0.936. The van der Waals surface area contributed by atoms with Crippen molar-refractivity contribution >= 4 is 5.69 Å². The molecule has 0 saturated carbocycles. The van der Waals surface area contributed by atoms with Crippen molar-refractivity contribution in [3.05, 3.63) is 39.9 Å². The van der Waals surface area contributed by atoms with Crippen LogP contribution in [0.1, 0.15) is 26.3 Å². The molecule has 0 unspecified atom stereocenters. The van der Waals surface area contributed by atoms with Gasteiger partial charge >= 0.3 is 0 Å². The van der Waals surface area contributed by atoms with Gasteiger partial charge in [0, 0.05) is 17.7 Å². The third-order valence-corrected chi connectivity index (χ3v) is 3.65. The van der Waals surface area contributed by atoms with Crippen LogP contribution in [-0.2, 0) is 6.54 Å². The van der Waals surface area contributed by atoms with E-state index in [9.17, 15) is 10.1 Å². The van der Waals surface area contributed by atoms with Crippen LogP contribution < -0.4 is 12.4 Å². The number of non-ortho nitro benzene ring substituents is 1. The number of hydrogen-bond acceptors (Lipinski definition) is 2. The Bertz CT molecular complexity index is 384. The minimum Gasteiger partial charge on any atom is -1.00 e. The fourth-order valence-electron chi connectivity index (χ4n) is 2.16. The maximum absolute atomic E-state index is 10.7. The summed E-state index contributed by atoms with van der Waals surface area (Å²) in [7, 11) is 0. The smallest absolute Gasteiger partial charge is 0.269 e. The fraction of sp³-hybridized carbons (Fsp3) is 0.538. The van der Waals surface area contributed by atoms with E-state index in [1.165, 1.54) is 0 Å². The summed E-state index contributed by atoms with van der Waals surface area (Å²) in [5.74, 6) is 0. The van der Waals surface area contributed by atoms with Crippen molar-refractivity contribution in [3.63, 3.8) is 0 Å². The molecular weight excluding hydrogens is 252 g/mol. The third-order valence-electron chi connectivity index (χ3n) is 3.65. The molecule has 0 heterocycles. The summed E-state index contributed by atoms with van der Waals surface area (Å²) in [5, 5.41) is 10.7. The number of nitrogens with zero attached hydrogens (tertiary/aromatic N) is 2. The molecule has 0 aliphatic carbocycles. The van der Waals surface area contributed by atoms with Gasteiger partial charge in [-0.25, -0.2) is 0 Å². The molecule has 1 aromatic carbocycles. The Balaban J connectivity index is 0.00000289. The average Bonchev–Trinajstić information content (AvgIpc) is 2.36. The number of nitro benzene ring substituents is 1. The zero-order valence-corrected chi connectivity index (χ0v) is 12.0. The van der Waals surface area contributed by atoms with E-state index in [0.29, 0.717) is 0 Å². The van der Waals surface area contributed by atoms with Crippen LogP contribution in [0.4, 0.5) is 5.69 Å². The molecule has 0 saturated heterocycles. The normalized spacial score (nSPS) is 10.8. The van der Waals surface area contributed by atoms with Gasteiger partial charge < -0.3 is 16.9 Å². The van der Waals surface area contributed by atoms with Gasteiger partial charge in [-0.15, -0.1) is 0 Å². The number of quaternary nitrogens is 1. The van der Waals surface area contributed by atoms with Gasteiger partial charge in [0.1, 0.15) is 6.54 Å². The highest BCUT2D eigenvalue weighted by Gasteiger charge is 2.21. The Morgan fingerprint density at radius 1 is 1.17 bits per heavy atom. The van der Waals surface area contributed by atoms with Crippen LogP contribution in [0, 0.1) is 10.1 Å². The molecule has 0 bridgehead atoms. The van der Waals surface area contributed by atoms with Crippen LogP contribution in [0.5, 0.6) is 0 Å². The summed E-state index contributed by atoms with van der Waals surface area (Å²) in [6, 6.07) is 6.97. The molecule has 18 heavy (non-hydrogen) atoms. The minimum absolute atomic E-state index is 0. The quantitative estimate of drug-likeness (QED) is 0.415. The lowest BCUT2D eigenvalue weighted by Gasteiger charge is -2.35. The molecule has 0 amide bonds. The third kappa shape index (κ3) is 3.96. The summed E-state index contributed by atoms with van der Waals surface area (Å²) in [6.45, 7) is 10.5. The van der Waals surface area contributed by atoms with Gasteiger partial charge in [-0.2, -0.15) is 0 Å². The average molecular weight is 273 g/mol. The zero-order chi connectivity index (χ0) is 12.9. The van der Waals surface area contributed by atoms with Gasteiger partial charge in [0.25, 0.3) is 5.69 Å². The lowest BCUT2D eigenvalue weighted by Crippen LogP contribution is -3.00. The Hall–Kier alpha value is -1.13. The van der Waals surface area contributed by atoms with E-state index >= 15 is 0 Å². The second-order valence-corrected chi connectivity index (χ2v) is 4.38. The Morgan fingerprint density at radius 2 is 1.72 bits per heavy atom. The van der Waals surface area contributed by atoms with Gasteiger partial charge in [-0.05, 0) is 20.8 Å². The molecule has 0 aliphatic rings. The van der Waals surface area contributed by atoms with Crippen molar-refractivity contribution in [2.24, 2.45) is 0 Å². The molecule has 5 heteroatoms. The number of rotatable bonds is 6. The van der Waals surface area contributed by atoms with Crippen LogP contribution >= 0.6 is 0 Å². The van der Waals surface area contributed by atoms with Crippen molar-refractivity contribution in [1.29, 1.82) is 0 Å². The summed E-state index contributed by atoms with van der Waals surface area (Å²) in [6.07, 6.45) is 0. The van der Waals surface area contributed by atoms with Crippen LogP contribution in [0.25, 0.3) is 0 Å². The fourth-order valence-corrected chi connectivity index (χ4v) is 2.16. The molecule has 0 aliphatic heterocycles.